The summed E-state index contributed by atoms with van der Waals surface area (Å²) < 4.78 is 17.4. The number of hydrogen-bond donors (Lipinski definition) is 1. The molecule has 1 atom stereocenters. The van der Waals surface area contributed by atoms with Crippen molar-refractivity contribution in [3.63, 3.8) is 0 Å². The molecule has 5 rings (SSSR count). The van der Waals surface area contributed by atoms with E-state index < -0.39 is 6.10 Å². The summed E-state index contributed by atoms with van der Waals surface area (Å²) >= 11 is 1.42. The molecule has 2 heterocycles. The first-order valence-corrected chi connectivity index (χ1v) is 11.0. The summed E-state index contributed by atoms with van der Waals surface area (Å²) in [5.74, 6) is 2.24. The molecule has 7 nitrogen and oxygen atoms in total. The van der Waals surface area contributed by atoms with Gasteiger partial charge in [0.25, 0.3) is 17.0 Å². The molecule has 0 unspecified atom stereocenters. The number of rotatable bonds is 6. The second-order valence-electron chi connectivity index (χ2n) is 7.08. The van der Waals surface area contributed by atoms with Gasteiger partial charge in [-0.15, -0.1) is 10.2 Å². The zero-order valence-electron chi connectivity index (χ0n) is 16.9. The lowest BCUT2D eigenvalue weighted by molar-refractivity contribution is 0.0686. The molecule has 0 fully saturated rings. The van der Waals surface area contributed by atoms with Crippen LogP contribution in [0.2, 0.25) is 0 Å². The van der Waals surface area contributed by atoms with Crippen LogP contribution in [0.1, 0.15) is 27.9 Å². The van der Waals surface area contributed by atoms with Crippen molar-refractivity contribution in [1.82, 2.24) is 10.2 Å². The van der Waals surface area contributed by atoms with Crippen LogP contribution in [-0.4, -0.2) is 22.7 Å². The minimum atomic E-state index is -0.436. The van der Waals surface area contributed by atoms with Gasteiger partial charge in [0, 0.05) is 17.0 Å². The maximum Gasteiger partial charge on any atom is 0.277 e. The van der Waals surface area contributed by atoms with Crippen LogP contribution >= 0.6 is 11.8 Å². The predicted molar refractivity (Wildman–Crippen MR) is 120 cm³/mol. The van der Waals surface area contributed by atoms with Crippen molar-refractivity contribution in [2.24, 2.45) is 0 Å². The first-order valence-electron chi connectivity index (χ1n) is 10.0. The maximum absolute atomic E-state index is 12.4. The smallest absolute Gasteiger partial charge is 0.277 e. The summed E-state index contributed by atoms with van der Waals surface area (Å²) in [6.45, 7) is 0.315. The number of benzene rings is 3. The number of amides is 1. The van der Waals surface area contributed by atoms with Crippen LogP contribution in [0.4, 0.5) is 5.69 Å². The molecule has 160 valence electrons. The Balaban J connectivity index is 1.16. The average Bonchev–Trinajstić information content (AvgIpc) is 3.32. The van der Waals surface area contributed by atoms with E-state index in [0.29, 0.717) is 40.5 Å². The highest BCUT2D eigenvalue weighted by Crippen LogP contribution is 2.36. The summed E-state index contributed by atoms with van der Waals surface area (Å²) in [4.78, 5) is 12.4. The fourth-order valence-electron chi connectivity index (χ4n) is 3.17. The van der Waals surface area contributed by atoms with Crippen molar-refractivity contribution in [3.8, 4) is 11.5 Å². The summed E-state index contributed by atoms with van der Waals surface area (Å²) in [5, 5.41) is 11.5. The van der Waals surface area contributed by atoms with Gasteiger partial charge in [0.15, 0.2) is 11.5 Å². The second kappa shape index (κ2) is 9.15. The maximum atomic E-state index is 12.4. The van der Waals surface area contributed by atoms with Gasteiger partial charge in [-0.3, -0.25) is 4.79 Å². The van der Waals surface area contributed by atoms with Crippen LogP contribution in [0.15, 0.2) is 88.5 Å². The highest BCUT2D eigenvalue weighted by Gasteiger charge is 2.27. The Bertz CT molecular complexity index is 1210. The number of ether oxygens (including phenoxy) is 2. The molecule has 0 saturated carbocycles. The molecule has 1 N–H and O–H groups in total. The number of thioether (sulfide) groups is 1. The third-order valence-corrected chi connectivity index (χ3v) is 5.71. The molecular weight excluding hydrogens is 426 g/mol. The molecule has 1 amide bonds. The largest absolute Gasteiger partial charge is 0.485 e. The molecule has 32 heavy (non-hydrogen) atoms. The molecule has 0 spiro atoms. The number of nitrogens with one attached hydrogen (secondary N) is 1. The molecular formula is C24H19N3O4S. The van der Waals surface area contributed by atoms with Gasteiger partial charge < -0.3 is 19.2 Å². The summed E-state index contributed by atoms with van der Waals surface area (Å²) in [7, 11) is 0. The molecule has 0 aliphatic carbocycles. The van der Waals surface area contributed by atoms with Gasteiger partial charge in [0.2, 0.25) is 6.10 Å². The van der Waals surface area contributed by atoms with Crippen LogP contribution in [-0.2, 0) is 5.75 Å². The standard InChI is InChI=1S/C24H19N3O4S/c28-22(25-18-6-2-1-3-7-18)17-12-10-16(11-13-17)15-32-24-27-26-23(31-24)21-14-29-19-8-4-5-9-20(19)30-21/h1-13,21H,14-15H2,(H,25,28)/t21-/m0/s1. The van der Waals surface area contributed by atoms with Crippen LogP contribution in [0.3, 0.4) is 0 Å². The van der Waals surface area contributed by atoms with E-state index in [4.69, 9.17) is 13.9 Å². The van der Waals surface area contributed by atoms with Crippen LogP contribution in [0.5, 0.6) is 11.5 Å². The van der Waals surface area contributed by atoms with E-state index in [2.05, 4.69) is 15.5 Å². The Morgan fingerprint density at radius 3 is 2.50 bits per heavy atom. The number of carbonyl (C=O) groups is 1. The highest BCUT2D eigenvalue weighted by molar-refractivity contribution is 7.98. The molecule has 0 saturated heterocycles. The number of carbonyl (C=O) groups excluding carboxylic acids is 1. The van der Waals surface area contributed by atoms with Crippen molar-refractivity contribution < 1.29 is 18.7 Å². The highest BCUT2D eigenvalue weighted by atomic mass is 32.2. The fraction of sp³-hybridized carbons (Fsp3) is 0.125. The van der Waals surface area contributed by atoms with E-state index in [1.54, 1.807) is 12.1 Å². The van der Waals surface area contributed by atoms with Gasteiger partial charge in [0.05, 0.1) is 0 Å². The number of fused-ring (bicyclic) bond motifs is 1. The molecule has 4 aromatic rings. The van der Waals surface area contributed by atoms with E-state index in [-0.39, 0.29) is 5.91 Å². The molecule has 0 bridgehead atoms. The number of anilines is 1. The Hall–Kier alpha value is -3.78. The SMILES string of the molecule is O=C(Nc1ccccc1)c1ccc(CSc2nnc([C@@H]3COc4ccccc4O3)o2)cc1. The van der Waals surface area contributed by atoms with Crippen molar-refractivity contribution in [2.75, 3.05) is 11.9 Å². The predicted octanol–water partition coefficient (Wildman–Crippen LogP) is 5.13. The zero-order valence-corrected chi connectivity index (χ0v) is 17.7. The minimum Gasteiger partial charge on any atom is -0.485 e. The van der Waals surface area contributed by atoms with Crippen LogP contribution in [0, 0.1) is 0 Å². The fourth-order valence-corrected chi connectivity index (χ4v) is 3.90. The van der Waals surface area contributed by atoms with Gasteiger partial charge in [-0.05, 0) is 42.0 Å². The molecule has 1 aliphatic heterocycles. The zero-order chi connectivity index (χ0) is 21.8. The Morgan fingerprint density at radius 1 is 0.938 bits per heavy atom. The van der Waals surface area contributed by atoms with E-state index in [1.807, 2.05) is 66.7 Å². The van der Waals surface area contributed by atoms with E-state index in [9.17, 15) is 4.79 Å². The minimum absolute atomic E-state index is 0.145. The van der Waals surface area contributed by atoms with Gasteiger partial charge in [0.1, 0.15) is 6.61 Å². The average molecular weight is 446 g/mol. The second-order valence-corrected chi connectivity index (χ2v) is 8.00. The van der Waals surface area contributed by atoms with Crippen LogP contribution in [0.25, 0.3) is 0 Å². The summed E-state index contributed by atoms with van der Waals surface area (Å²) in [5.41, 5.74) is 2.40. The van der Waals surface area contributed by atoms with E-state index >= 15 is 0 Å². The monoisotopic (exact) mass is 445 g/mol. The number of para-hydroxylation sites is 3. The first-order chi connectivity index (χ1) is 15.7. The lowest BCUT2D eigenvalue weighted by Gasteiger charge is -2.23. The summed E-state index contributed by atoms with van der Waals surface area (Å²) in [6, 6.07) is 24.3. The van der Waals surface area contributed by atoms with Crippen molar-refractivity contribution in [3.05, 3.63) is 95.9 Å². The normalized spacial score (nSPS) is 14.7. The Kier molecular flexibility index (Phi) is 5.76. The third-order valence-electron chi connectivity index (χ3n) is 4.82. The Labute approximate surface area is 188 Å². The van der Waals surface area contributed by atoms with E-state index in [0.717, 1.165) is 11.3 Å². The quantitative estimate of drug-likeness (QED) is 0.412. The summed E-state index contributed by atoms with van der Waals surface area (Å²) in [6.07, 6.45) is -0.436. The molecule has 1 aromatic heterocycles. The molecule has 0 radical (unpaired) electrons. The topological polar surface area (TPSA) is 86.5 Å². The number of aromatic nitrogens is 2. The molecule has 8 heteroatoms. The van der Waals surface area contributed by atoms with Crippen molar-refractivity contribution in [2.45, 2.75) is 17.1 Å². The van der Waals surface area contributed by atoms with Crippen LogP contribution < -0.4 is 14.8 Å². The van der Waals surface area contributed by atoms with Gasteiger partial charge in [-0.1, -0.05) is 54.2 Å². The van der Waals surface area contributed by atoms with Gasteiger partial charge >= 0.3 is 0 Å². The van der Waals surface area contributed by atoms with E-state index in [1.165, 1.54) is 11.8 Å². The Morgan fingerprint density at radius 2 is 1.69 bits per heavy atom. The van der Waals surface area contributed by atoms with Gasteiger partial charge in [-0.2, -0.15) is 0 Å². The van der Waals surface area contributed by atoms with Crippen molar-refractivity contribution in [1.29, 1.82) is 0 Å². The number of hydrogen-bond acceptors (Lipinski definition) is 7. The molecule has 1 aliphatic rings. The first kappa shape index (κ1) is 20.1. The molecule has 3 aromatic carbocycles. The third kappa shape index (κ3) is 4.60. The van der Waals surface area contributed by atoms with Gasteiger partial charge in [-0.25, -0.2) is 0 Å². The number of nitrogens with zero attached hydrogens (tertiary/aromatic N) is 2. The van der Waals surface area contributed by atoms with Crippen molar-refractivity contribution >= 4 is 23.4 Å². The lowest BCUT2D eigenvalue weighted by atomic mass is 10.1. The lowest BCUT2D eigenvalue weighted by Crippen LogP contribution is -2.21.